The van der Waals surface area contributed by atoms with E-state index in [1.165, 1.54) is 6.07 Å². The standard InChI is InChI=1S/C16H15FN2OS/c1-11-8-19(9-16(20-11)13-4-5-21-10-13)15-3-2-12(7-18)6-14(15)17/h2-6,10-11,16H,8-9H2,1H3. The van der Waals surface area contributed by atoms with E-state index in [0.717, 1.165) is 5.56 Å². The largest absolute Gasteiger partial charge is 0.367 e. The lowest BCUT2D eigenvalue weighted by Gasteiger charge is -2.38. The van der Waals surface area contributed by atoms with Crippen LogP contribution < -0.4 is 4.90 Å². The molecule has 2 atom stereocenters. The monoisotopic (exact) mass is 302 g/mol. The van der Waals surface area contributed by atoms with E-state index in [1.54, 1.807) is 23.5 Å². The van der Waals surface area contributed by atoms with E-state index in [-0.39, 0.29) is 18.0 Å². The van der Waals surface area contributed by atoms with E-state index >= 15 is 0 Å². The third-order valence-electron chi connectivity index (χ3n) is 3.59. The highest BCUT2D eigenvalue weighted by Gasteiger charge is 2.28. The maximum absolute atomic E-state index is 14.2. The number of anilines is 1. The van der Waals surface area contributed by atoms with Crippen LogP contribution >= 0.6 is 11.3 Å². The molecule has 1 aliphatic heterocycles. The predicted molar refractivity (Wildman–Crippen MR) is 80.9 cm³/mol. The number of thiophene rings is 1. The molecule has 0 amide bonds. The normalized spacial score (nSPS) is 22.0. The van der Waals surface area contributed by atoms with E-state index in [0.29, 0.717) is 24.3 Å². The Morgan fingerprint density at radius 3 is 2.90 bits per heavy atom. The summed E-state index contributed by atoms with van der Waals surface area (Å²) >= 11 is 1.63. The second kappa shape index (κ2) is 5.84. The molecule has 0 radical (unpaired) electrons. The zero-order valence-corrected chi connectivity index (χ0v) is 12.4. The summed E-state index contributed by atoms with van der Waals surface area (Å²) in [7, 11) is 0. The van der Waals surface area contributed by atoms with Crippen LogP contribution in [0.2, 0.25) is 0 Å². The molecule has 3 rings (SSSR count). The molecule has 1 saturated heterocycles. The summed E-state index contributed by atoms with van der Waals surface area (Å²) in [5.74, 6) is -0.354. The van der Waals surface area contributed by atoms with Crippen LogP contribution in [0.1, 0.15) is 24.2 Å². The van der Waals surface area contributed by atoms with Gasteiger partial charge in [-0.1, -0.05) is 0 Å². The molecule has 1 aromatic carbocycles. The van der Waals surface area contributed by atoms with E-state index in [9.17, 15) is 4.39 Å². The Morgan fingerprint density at radius 2 is 2.24 bits per heavy atom. The lowest BCUT2D eigenvalue weighted by Crippen LogP contribution is -2.43. The Kier molecular flexibility index (Phi) is 3.91. The van der Waals surface area contributed by atoms with Crippen molar-refractivity contribution in [1.82, 2.24) is 0 Å². The van der Waals surface area contributed by atoms with Gasteiger partial charge in [-0.15, -0.1) is 0 Å². The first-order chi connectivity index (χ1) is 10.2. The van der Waals surface area contributed by atoms with E-state index in [4.69, 9.17) is 10.00 Å². The summed E-state index contributed by atoms with van der Waals surface area (Å²) < 4.78 is 20.1. The first kappa shape index (κ1) is 14.1. The number of morpholine rings is 1. The molecule has 1 aromatic heterocycles. The van der Waals surface area contributed by atoms with Gasteiger partial charge in [0.1, 0.15) is 11.9 Å². The number of rotatable bonds is 2. The van der Waals surface area contributed by atoms with Gasteiger partial charge in [0.15, 0.2) is 0 Å². The van der Waals surface area contributed by atoms with E-state index in [1.807, 2.05) is 29.3 Å². The zero-order chi connectivity index (χ0) is 14.8. The molecule has 108 valence electrons. The van der Waals surface area contributed by atoms with Gasteiger partial charge in [-0.25, -0.2) is 4.39 Å². The smallest absolute Gasteiger partial charge is 0.147 e. The molecular formula is C16H15FN2OS. The van der Waals surface area contributed by atoms with Gasteiger partial charge in [0.2, 0.25) is 0 Å². The van der Waals surface area contributed by atoms with Crippen LogP contribution in [0.4, 0.5) is 10.1 Å². The molecule has 0 saturated carbocycles. The topological polar surface area (TPSA) is 36.3 Å². The van der Waals surface area contributed by atoms with Gasteiger partial charge in [0, 0.05) is 13.1 Å². The van der Waals surface area contributed by atoms with Crippen LogP contribution in [0, 0.1) is 17.1 Å². The Balaban J connectivity index is 1.86. The summed E-state index contributed by atoms with van der Waals surface area (Å²) in [5, 5.41) is 12.9. The molecule has 0 aliphatic carbocycles. The molecule has 1 fully saturated rings. The summed E-state index contributed by atoms with van der Waals surface area (Å²) in [6.07, 6.45) is -0.0197. The van der Waals surface area contributed by atoms with Crippen molar-refractivity contribution in [3.8, 4) is 6.07 Å². The zero-order valence-electron chi connectivity index (χ0n) is 11.6. The highest BCUT2D eigenvalue weighted by molar-refractivity contribution is 7.07. The van der Waals surface area contributed by atoms with Crippen LogP contribution in [0.3, 0.4) is 0 Å². The van der Waals surface area contributed by atoms with Crippen LogP contribution in [0.15, 0.2) is 35.0 Å². The second-order valence-electron chi connectivity index (χ2n) is 5.18. The fourth-order valence-corrected chi connectivity index (χ4v) is 3.33. The second-order valence-corrected chi connectivity index (χ2v) is 5.96. The maximum Gasteiger partial charge on any atom is 0.147 e. The van der Waals surface area contributed by atoms with Gasteiger partial charge < -0.3 is 9.64 Å². The minimum atomic E-state index is -0.354. The van der Waals surface area contributed by atoms with Crippen LogP contribution in [0.5, 0.6) is 0 Å². The summed E-state index contributed by atoms with van der Waals surface area (Å²) in [6.45, 7) is 3.25. The molecule has 1 aliphatic rings. The first-order valence-corrected chi connectivity index (χ1v) is 7.74. The lowest BCUT2D eigenvalue weighted by atomic mass is 10.1. The minimum Gasteiger partial charge on any atom is -0.367 e. The fourth-order valence-electron chi connectivity index (χ4n) is 2.62. The Labute approximate surface area is 127 Å². The van der Waals surface area contributed by atoms with Crippen molar-refractivity contribution >= 4 is 17.0 Å². The van der Waals surface area contributed by atoms with Gasteiger partial charge in [0.25, 0.3) is 0 Å². The number of benzene rings is 1. The summed E-state index contributed by atoms with van der Waals surface area (Å²) in [6, 6.07) is 8.61. The lowest BCUT2D eigenvalue weighted by molar-refractivity contribution is -0.0173. The number of halogens is 1. The molecule has 5 heteroatoms. The van der Waals surface area contributed by atoms with Gasteiger partial charge in [-0.2, -0.15) is 16.6 Å². The Bertz CT molecular complexity index is 665. The molecule has 2 heterocycles. The third-order valence-corrected chi connectivity index (χ3v) is 4.29. The predicted octanol–water partition coefficient (Wildman–Crippen LogP) is 3.73. The van der Waals surface area contributed by atoms with E-state index in [2.05, 4.69) is 5.38 Å². The molecule has 21 heavy (non-hydrogen) atoms. The average Bonchev–Trinajstić information content (AvgIpc) is 3.00. The van der Waals surface area contributed by atoms with Crippen molar-refractivity contribution in [2.45, 2.75) is 19.1 Å². The number of nitriles is 1. The molecule has 0 N–H and O–H groups in total. The Morgan fingerprint density at radius 1 is 1.38 bits per heavy atom. The molecule has 3 nitrogen and oxygen atoms in total. The Hall–Kier alpha value is -1.90. The molecule has 2 aromatic rings. The van der Waals surface area contributed by atoms with Gasteiger partial charge >= 0.3 is 0 Å². The fraction of sp³-hybridized carbons (Fsp3) is 0.312. The molecular weight excluding hydrogens is 287 g/mol. The molecule has 2 unspecified atom stereocenters. The highest BCUT2D eigenvalue weighted by Crippen LogP contribution is 2.31. The molecule has 0 bridgehead atoms. The van der Waals surface area contributed by atoms with Crippen molar-refractivity contribution in [1.29, 1.82) is 5.26 Å². The summed E-state index contributed by atoms with van der Waals surface area (Å²) in [5.41, 5.74) is 2.00. The summed E-state index contributed by atoms with van der Waals surface area (Å²) in [4.78, 5) is 1.99. The third kappa shape index (κ3) is 2.92. The van der Waals surface area contributed by atoms with Crippen LogP contribution in [0.25, 0.3) is 0 Å². The number of nitrogens with zero attached hydrogens (tertiary/aromatic N) is 2. The number of ether oxygens (including phenoxy) is 1. The van der Waals surface area contributed by atoms with Crippen molar-refractivity contribution in [2.24, 2.45) is 0 Å². The number of hydrogen-bond acceptors (Lipinski definition) is 4. The SMILES string of the molecule is CC1CN(c2ccc(C#N)cc2F)CC(c2ccsc2)O1. The van der Waals surface area contributed by atoms with Crippen LogP contribution in [-0.2, 0) is 4.74 Å². The van der Waals surface area contributed by atoms with Gasteiger partial charge in [0.05, 0.1) is 23.4 Å². The number of hydrogen-bond donors (Lipinski definition) is 0. The first-order valence-electron chi connectivity index (χ1n) is 6.79. The minimum absolute atomic E-state index is 0.0266. The van der Waals surface area contributed by atoms with E-state index < -0.39 is 0 Å². The van der Waals surface area contributed by atoms with Crippen molar-refractivity contribution in [3.63, 3.8) is 0 Å². The van der Waals surface area contributed by atoms with Crippen molar-refractivity contribution in [2.75, 3.05) is 18.0 Å². The quantitative estimate of drug-likeness (QED) is 0.848. The maximum atomic E-state index is 14.2. The van der Waals surface area contributed by atoms with Crippen LogP contribution in [-0.4, -0.2) is 19.2 Å². The average molecular weight is 302 g/mol. The van der Waals surface area contributed by atoms with Crippen molar-refractivity contribution in [3.05, 3.63) is 52.0 Å². The highest BCUT2D eigenvalue weighted by atomic mass is 32.1. The molecule has 0 spiro atoms. The van der Waals surface area contributed by atoms with Crippen molar-refractivity contribution < 1.29 is 9.13 Å². The van der Waals surface area contributed by atoms with Gasteiger partial charge in [-0.3, -0.25) is 0 Å². The van der Waals surface area contributed by atoms with Gasteiger partial charge in [-0.05, 0) is 47.5 Å².